The molecule has 0 aliphatic rings. The third-order valence-corrected chi connectivity index (χ3v) is 5.19. The number of hydrogen-bond acceptors (Lipinski definition) is 2. The van der Waals surface area contributed by atoms with Crippen LogP contribution in [-0.4, -0.2) is 15.7 Å². The van der Waals surface area contributed by atoms with Crippen molar-refractivity contribution in [3.05, 3.63) is 94.8 Å². The predicted octanol–water partition coefficient (Wildman–Crippen LogP) is 5.56. The van der Waals surface area contributed by atoms with Gasteiger partial charge in [-0.3, -0.25) is 4.79 Å². The van der Waals surface area contributed by atoms with E-state index in [0.717, 1.165) is 29.8 Å². The molecule has 0 spiro atoms. The van der Waals surface area contributed by atoms with Gasteiger partial charge in [0.25, 0.3) is 5.91 Å². The minimum Gasteiger partial charge on any atom is -0.348 e. The van der Waals surface area contributed by atoms with Gasteiger partial charge in [-0.05, 0) is 53.1 Å². The first-order valence-corrected chi connectivity index (χ1v) is 10.1. The molecule has 4 nitrogen and oxygen atoms in total. The van der Waals surface area contributed by atoms with Crippen LogP contribution in [-0.2, 0) is 13.0 Å². The normalized spacial score (nSPS) is 11.0. The highest BCUT2D eigenvalue weighted by molar-refractivity contribution is 6.30. The summed E-state index contributed by atoms with van der Waals surface area (Å²) < 4.78 is 1.82. The van der Waals surface area contributed by atoms with Crippen molar-refractivity contribution in [1.29, 1.82) is 0 Å². The maximum Gasteiger partial charge on any atom is 0.255 e. The quantitative estimate of drug-likeness (QED) is 0.458. The van der Waals surface area contributed by atoms with Crippen LogP contribution in [0.15, 0.2) is 72.9 Å². The molecule has 1 N–H and O–H groups in total. The Hall–Kier alpha value is -3.11. The number of halogens is 1. The smallest absolute Gasteiger partial charge is 0.255 e. The molecule has 3 aromatic carbocycles. The summed E-state index contributed by atoms with van der Waals surface area (Å²) in [6, 6.07) is 21.9. The van der Waals surface area contributed by atoms with Gasteiger partial charge in [0.2, 0.25) is 0 Å². The number of hydrogen-bond donors (Lipinski definition) is 1. The van der Waals surface area contributed by atoms with Crippen molar-refractivity contribution < 1.29 is 4.79 Å². The number of nitrogens with one attached hydrogen (secondary N) is 1. The van der Waals surface area contributed by atoms with Crippen LogP contribution in [0.5, 0.6) is 0 Å². The van der Waals surface area contributed by atoms with Crippen LogP contribution < -0.4 is 5.32 Å². The molecule has 0 unspecified atom stereocenters. The average molecular weight is 404 g/mol. The molecule has 4 rings (SSSR count). The lowest BCUT2D eigenvalue weighted by Gasteiger charge is -2.10. The molecule has 146 valence electrons. The first-order chi connectivity index (χ1) is 14.2. The molecule has 0 aliphatic carbocycles. The number of nitrogens with zero attached hydrogens (tertiary/aromatic N) is 2. The Kier molecular flexibility index (Phi) is 5.63. The van der Waals surface area contributed by atoms with Crippen molar-refractivity contribution in [2.24, 2.45) is 0 Å². The summed E-state index contributed by atoms with van der Waals surface area (Å²) in [6.45, 7) is 2.57. The van der Waals surface area contributed by atoms with Crippen LogP contribution in [0.25, 0.3) is 16.5 Å². The second-order valence-corrected chi connectivity index (χ2v) is 7.44. The molecule has 1 amide bonds. The maximum atomic E-state index is 12.9. The van der Waals surface area contributed by atoms with E-state index in [1.165, 1.54) is 10.8 Å². The van der Waals surface area contributed by atoms with E-state index in [0.29, 0.717) is 17.1 Å². The summed E-state index contributed by atoms with van der Waals surface area (Å²) in [5.74, 6) is -0.109. The number of benzene rings is 3. The lowest BCUT2D eigenvalue weighted by atomic mass is 10.1. The molecule has 0 saturated heterocycles. The Morgan fingerprint density at radius 1 is 1.03 bits per heavy atom. The van der Waals surface area contributed by atoms with Crippen LogP contribution in [0.2, 0.25) is 5.02 Å². The van der Waals surface area contributed by atoms with E-state index >= 15 is 0 Å². The van der Waals surface area contributed by atoms with Gasteiger partial charge in [-0.1, -0.05) is 61.3 Å². The Morgan fingerprint density at radius 2 is 1.79 bits per heavy atom. The molecule has 1 aromatic heterocycles. The van der Waals surface area contributed by atoms with Gasteiger partial charge in [-0.15, -0.1) is 0 Å². The Bertz CT molecular complexity index is 1150. The van der Waals surface area contributed by atoms with Gasteiger partial charge in [0.05, 0.1) is 23.1 Å². The van der Waals surface area contributed by atoms with E-state index in [9.17, 15) is 4.79 Å². The van der Waals surface area contributed by atoms with Crippen LogP contribution >= 0.6 is 11.6 Å². The second kappa shape index (κ2) is 8.50. The number of amides is 1. The van der Waals surface area contributed by atoms with Crippen LogP contribution in [0.1, 0.15) is 35.0 Å². The largest absolute Gasteiger partial charge is 0.348 e. The predicted molar refractivity (Wildman–Crippen MR) is 118 cm³/mol. The van der Waals surface area contributed by atoms with E-state index in [1.807, 2.05) is 47.1 Å². The molecule has 0 aliphatic heterocycles. The van der Waals surface area contributed by atoms with Crippen molar-refractivity contribution in [3.63, 3.8) is 0 Å². The van der Waals surface area contributed by atoms with Gasteiger partial charge in [-0.25, -0.2) is 4.68 Å². The summed E-state index contributed by atoms with van der Waals surface area (Å²) in [7, 11) is 0. The highest BCUT2D eigenvalue weighted by Crippen LogP contribution is 2.20. The third kappa shape index (κ3) is 4.17. The molecule has 0 saturated carbocycles. The van der Waals surface area contributed by atoms with Gasteiger partial charge in [-0.2, -0.15) is 5.10 Å². The topological polar surface area (TPSA) is 46.9 Å². The minimum absolute atomic E-state index is 0.109. The lowest BCUT2D eigenvalue weighted by Crippen LogP contribution is -2.24. The Balaban J connectivity index is 1.55. The number of aromatic nitrogens is 2. The van der Waals surface area contributed by atoms with Crippen molar-refractivity contribution in [2.75, 3.05) is 0 Å². The molecular weight excluding hydrogens is 382 g/mol. The standard InChI is InChI=1S/C24H22ClN3O/c1-2-5-23-22(16-27-28(23)21-12-10-20(25)11-13-21)24(29)26-15-17-8-9-18-6-3-4-7-19(18)14-17/h3-4,6-14,16H,2,5,15H2,1H3,(H,26,29). The fraction of sp³-hybridized carbons (Fsp3) is 0.167. The highest BCUT2D eigenvalue weighted by Gasteiger charge is 2.17. The zero-order chi connectivity index (χ0) is 20.2. The molecule has 0 bridgehead atoms. The second-order valence-electron chi connectivity index (χ2n) is 7.01. The molecule has 5 heteroatoms. The van der Waals surface area contributed by atoms with E-state index < -0.39 is 0 Å². The zero-order valence-electron chi connectivity index (χ0n) is 16.2. The van der Waals surface area contributed by atoms with Crippen LogP contribution in [0.4, 0.5) is 0 Å². The summed E-state index contributed by atoms with van der Waals surface area (Å²) >= 11 is 6.00. The Labute approximate surface area is 175 Å². The zero-order valence-corrected chi connectivity index (χ0v) is 17.0. The van der Waals surface area contributed by atoms with Crippen LogP contribution in [0.3, 0.4) is 0 Å². The van der Waals surface area contributed by atoms with Gasteiger partial charge < -0.3 is 5.32 Å². The van der Waals surface area contributed by atoms with E-state index in [2.05, 4.69) is 41.6 Å². The SMILES string of the molecule is CCCc1c(C(=O)NCc2ccc3ccccc3c2)cnn1-c1ccc(Cl)cc1. The van der Waals surface area contributed by atoms with Crippen molar-refractivity contribution in [2.45, 2.75) is 26.3 Å². The minimum atomic E-state index is -0.109. The first-order valence-electron chi connectivity index (χ1n) is 9.74. The fourth-order valence-electron chi connectivity index (χ4n) is 3.47. The monoisotopic (exact) mass is 403 g/mol. The average Bonchev–Trinajstić information content (AvgIpc) is 3.16. The van der Waals surface area contributed by atoms with Crippen molar-refractivity contribution in [1.82, 2.24) is 15.1 Å². The first kappa shape index (κ1) is 19.2. The van der Waals surface area contributed by atoms with Crippen molar-refractivity contribution >= 4 is 28.3 Å². The number of carbonyl (C=O) groups excluding carboxylic acids is 1. The fourth-order valence-corrected chi connectivity index (χ4v) is 3.60. The summed E-state index contributed by atoms with van der Waals surface area (Å²) in [5.41, 5.74) is 3.49. The summed E-state index contributed by atoms with van der Waals surface area (Å²) in [4.78, 5) is 12.9. The number of fused-ring (bicyclic) bond motifs is 1. The van der Waals surface area contributed by atoms with E-state index in [-0.39, 0.29) is 5.91 Å². The molecule has 4 aromatic rings. The van der Waals surface area contributed by atoms with Crippen molar-refractivity contribution in [3.8, 4) is 5.69 Å². The number of rotatable bonds is 6. The maximum absolute atomic E-state index is 12.9. The van der Waals surface area contributed by atoms with E-state index in [1.54, 1.807) is 6.20 Å². The molecular formula is C24H22ClN3O. The molecule has 0 radical (unpaired) electrons. The summed E-state index contributed by atoms with van der Waals surface area (Å²) in [6.07, 6.45) is 3.33. The third-order valence-electron chi connectivity index (χ3n) is 4.94. The Morgan fingerprint density at radius 3 is 2.55 bits per heavy atom. The van der Waals surface area contributed by atoms with Gasteiger partial charge in [0.1, 0.15) is 0 Å². The molecule has 0 fully saturated rings. The number of carbonyl (C=O) groups is 1. The molecule has 29 heavy (non-hydrogen) atoms. The molecule has 1 heterocycles. The van der Waals surface area contributed by atoms with E-state index in [4.69, 9.17) is 11.6 Å². The van der Waals surface area contributed by atoms with Gasteiger partial charge in [0, 0.05) is 11.6 Å². The summed E-state index contributed by atoms with van der Waals surface area (Å²) in [5, 5.41) is 10.5. The van der Waals surface area contributed by atoms with Gasteiger partial charge >= 0.3 is 0 Å². The van der Waals surface area contributed by atoms with Crippen LogP contribution in [0, 0.1) is 0 Å². The lowest BCUT2D eigenvalue weighted by molar-refractivity contribution is 0.0950. The highest BCUT2D eigenvalue weighted by atomic mass is 35.5. The molecule has 0 atom stereocenters. The van der Waals surface area contributed by atoms with Gasteiger partial charge in [0.15, 0.2) is 0 Å².